The van der Waals surface area contributed by atoms with Crippen molar-refractivity contribution in [3.8, 4) is 5.88 Å². The van der Waals surface area contributed by atoms with Crippen LogP contribution in [0.25, 0.3) is 0 Å². The second kappa shape index (κ2) is 6.46. The summed E-state index contributed by atoms with van der Waals surface area (Å²) in [5.74, 6) is 1.06. The third-order valence-corrected chi connectivity index (χ3v) is 4.50. The first-order chi connectivity index (χ1) is 9.86. The number of carbonyl (C=O) groups is 1. The summed E-state index contributed by atoms with van der Waals surface area (Å²) in [5, 5.41) is 9.21. The molecule has 1 aromatic rings. The van der Waals surface area contributed by atoms with Crippen LogP contribution in [-0.2, 0) is 0 Å². The fraction of sp³-hybridized carbons (Fsp3) is 0.647. The van der Waals surface area contributed by atoms with Gasteiger partial charge >= 0.3 is 5.97 Å². The van der Waals surface area contributed by atoms with Crippen LogP contribution in [0.2, 0.25) is 0 Å². The van der Waals surface area contributed by atoms with Gasteiger partial charge in [0.2, 0.25) is 5.88 Å². The molecule has 1 aromatic heterocycles. The molecule has 0 bridgehead atoms. The molecular formula is C17H25NO3. The second-order valence-electron chi connectivity index (χ2n) is 6.59. The van der Waals surface area contributed by atoms with E-state index in [-0.39, 0.29) is 17.6 Å². The Hall–Kier alpha value is -1.58. The van der Waals surface area contributed by atoms with E-state index < -0.39 is 5.97 Å². The van der Waals surface area contributed by atoms with E-state index in [0.29, 0.717) is 11.8 Å². The highest BCUT2D eigenvalue weighted by Gasteiger charge is 2.26. The van der Waals surface area contributed by atoms with E-state index in [1.807, 2.05) is 13.8 Å². The Morgan fingerprint density at radius 1 is 1.29 bits per heavy atom. The lowest BCUT2D eigenvalue weighted by Crippen LogP contribution is -2.29. The molecule has 0 saturated heterocycles. The van der Waals surface area contributed by atoms with Crippen molar-refractivity contribution in [2.75, 3.05) is 0 Å². The molecule has 4 heteroatoms. The lowest BCUT2D eigenvalue weighted by molar-refractivity contribution is 0.0693. The lowest BCUT2D eigenvalue weighted by Gasteiger charge is -2.32. The Labute approximate surface area is 126 Å². The molecule has 1 heterocycles. The average molecular weight is 291 g/mol. The van der Waals surface area contributed by atoms with Crippen LogP contribution in [-0.4, -0.2) is 22.2 Å². The summed E-state index contributed by atoms with van der Waals surface area (Å²) in [6.45, 7) is 8.53. The number of aromatic nitrogens is 1. The largest absolute Gasteiger partial charge is 0.478 e. The van der Waals surface area contributed by atoms with Gasteiger partial charge in [-0.25, -0.2) is 9.78 Å². The molecule has 0 radical (unpaired) electrons. The third-order valence-electron chi connectivity index (χ3n) is 4.50. The molecule has 4 nitrogen and oxygen atoms in total. The summed E-state index contributed by atoms with van der Waals surface area (Å²) in [6, 6.07) is 3.17. The van der Waals surface area contributed by atoms with Crippen LogP contribution >= 0.6 is 0 Å². The van der Waals surface area contributed by atoms with Gasteiger partial charge < -0.3 is 9.84 Å². The molecule has 1 aliphatic rings. The smallest absolute Gasteiger partial charge is 0.335 e. The first-order valence-corrected chi connectivity index (χ1v) is 7.78. The van der Waals surface area contributed by atoms with Crippen LogP contribution < -0.4 is 4.74 Å². The van der Waals surface area contributed by atoms with Gasteiger partial charge in [-0.1, -0.05) is 27.7 Å². The molecule has 2 rings (SSSR count). The van der Waals surface area contributed by atoms with Crippen molar-refractivity contribution in [1.29, 1.82) is 0 Å². The Morgan fingerprint density at radius 3 is 2.57 bits per heavy atom. The zero-order valence-electron chi connectivity index (χ0n) is 13.3. The maximum Gasteiger partial charge on any atom is 0.335 e. The number of hydrogen-bond acceptors (Lipinski definition) is 3. The van der Waals surface area contributed by atoms with Gasteiger partial charge in [-0.15, -0.1) is 0 Å². The van der Waals surface area contributed by atoms with E-state index in [0.717, 1.165) is 30.9 Å². The number of nitrogens with zero attached hydrogens (tertiary/aromatic N) is 1. The van der Waals surface area contributed by atoms with E-state index >= 15 is 0 Å². The summed E-state index contributed by atoms with van der Waals surface area (Å²) in [6.07, 6.45) is 3.33. The molecule has 3 unspecified atom stereocenters. The van der Waals surface area contributed by atoms with Crippen LogP contribution in [0.15, 0.2) is 12.1 Å². The van der Waals surface area contributed by atoms with Gasteiger partial charge in [0.15, 0.2) is 0 Å². The highest BCUT2D eigenvalue weighted by Crippen LogP contribution is 2.32. The van der Waals surface area contributed by atoms with Crippen LogP contribution in [0.1, 0.15) is 68.9 Å². The summed E-state index contributed by atoms with van der Waals surface area (Å²) in [4.78, 5) is 15.7. The minimum absolute atomic E-state index is 0.146. The van der Waals surface area contributed by atoms with E-state index in [9.17, 15) is 9.90 Å². The van der Waals surface area contributed by atoms with Crippen molar-refractivity contribution in [2.24, 2.45) is 11.8 Å². The van der Waals surface area contributed by atoms with E-state index in [1.54, 1.807) is 6.07 Å². The normalized spacial score (nSPS) is 25.9. The number of ether oxygens (including phenoxy) is 1. The van der Waals surface area contributed by atoms with Gasteiger partial charge in [0.05, 0.1) is 5.56 Å². The minimum atomic E-state index is -0.935. The molecule has 1 aliphatic carbocycles. The fourth-order valence-electron chi connectivity index (χ4n) is 2.78. The number of pyridine rings is 1. The van der Waals surface area contributed by atoms with Gasteiger partial charge in [0, 0.05) is 11.8 Å². The molecule has 21 heavy (non-hydrogen) atoms. The molecule has 0 amide bonds. The summed E-state index contributed by atoms with van der Waals surface area (Å²) in [5.41, 5.74) is 1.02. The van der Waals surface area contributed by atoms with Crippen LogP contribution in [0.3, 0.4) is 0 Å². The van der Waals surface area contributed by atoms with Crippen molar-refractivity contribution in [2.45, 2.75) is 59.0 Å². The average Bonchev–Trinajstić information content (AvgIpc) is 2.42. The van der Waals surface area contributed by atoms with E-state index in [1.165, 1.54) is 6.07 Å². The maximum atomic E-state index is 11.2. The summed E-state index contributed by atoms with van der Waals surface area (Å²) < 4.78 is 5.98. The summed E-state index contributed by atoms with van der Waals surface area (Å²) in [7, 11) is 0. The SMILES string of the molecule is CC(C)c1cc(C(=O)O)cc(OC2CCC(C)C(C)C2)n1. The van der Waals surface area contributed by atoms with Crippen molar-refractivity contribution in [3.05, 3.63) is 23.4 Å². The van der Waals surface area contributed by atoms with Crippen LogP contribution in [0.5, 0.6) is 5.88 Å². The second-order valence-corrected chi connectivity index (χ2v) is 6.59. The molecule has 0 aromatic carbocycles. The number of rotatable bonds is 4. The molecule has 0 aliphatic heterocycles. The van der Waals surface area contributed by atoms with Crippen molar-refractivity contribution in [3.63, 3.8) is 0 Å². The van der Waals surface area contributed by atoms with Crippen LogP contribution in [0, 0.1) is 11.8 Å². The number of carboxylic acid groups (broad SMARTS) is 1. The van der Waals surface area contributed by atoms with Gasteiger partial charge in [0.25, 0.3) is 0 Å². The monoisotopic (exact) mass is 291 g/mol. The first kappa shape index (κ1) is 15.8. The van der Waals surface area contributed by atoms with Crippen molar-refractivity contribution in [1.82, 2.24) is 4.98 Å². The molecule has 0 spiro atoms. The molecule has 3 atom stereocenters. The zero-order valence-corrected chi connectivity index (χ0v) is 13.3. The van der Waals surface area contributed by atoms with Crippen molar-refractivity contribution < 1.29 is 14.6 Å². The highest BCUT2D eigenvalue weighted by atomic mass is 16.5. The Morgan fingerprint density at radius 2 is 2.00 bits per heavy atom. The lowest BCUT2D eigenvalue weighted by atomic mass is 9.80. The van der Waals surface area contributed by atoms with Gasteiger partial charge in [-0.05, 0) is 43.1 Å². The summed E-state index contributed by atoms with van der Waals surface area (Å²) >= 11 is 0. The highest BCUT2D eigenvalue weighted by molar-refractivity contribution is 5.88. The van der Waals surface area contributed by atoms with Crippen LogP contribution in [0.4, 0.5) is 0 Å². The Kier molecular flexibility index (Phi) is 4.86. The first-order valence-electron chi connectivity index (χ1n) is 7.78. The standard InChI is InChI=1S/C17H25NO3/c1-10(2)15-8-13(17(19)20)9-16(18-15)21-14-6-5-11(3)12(4)7-14/h8-12,14H,5-7H2,1-4H3,(H,19,20). The topological polar surface area (TPSA) is 59.4 Å². The third kappa shape index (κ3) is 3.96. The van der Waals surface area contributed by atoms with Gasteiger partial charge in [0.1, 0.15) is 6.10 Å². The number of aromatic carboxylic acids is 1. The molecule has 1 fully saturated rings. The maximum absolute atomic E-state index is 11.2. The van der Waals surface area contributed by atoms with Gasteiger partial charge in [-0.3, -0.25) is 0 Å². The van der Waals surface area contributed by atoms with Crippen molar-refractivity contribution >= 4 is 5.97 Å². The predicted molar refractivity (Wildman–Crippen MR) is 81.9 cm³/mol. The fourth-order valence-corrected chi connectivity index (χ4v) is 2.78. The van der Waals surface area contributed by atoms with Gasteiger partial charge in [-0.2, -0.15) is 0 Å². The molecular weight excluding hydrogens is 266 g/mol. The Balaban J connectivity index is 2.17. The number of hydrogen-bond donors (Lipinski definition) is 1. The number of carboxylic acids is 1. The van der Waals surface area contributed by atoms with E-state index in [2.05, 4.69) is 18.8 Å². The molecule has 116 valence electrons. The Bertz CT molecular complexity index is 513. The molecule has 1 N–H and O–H groups in total. The quantitative estimate of drug-likeness (QED) is 0.907. The van der Waals surface area contributed by atoms with E-state index in [4.69, 9.17) is 4.74 Å². The molecule has 1 saturated carbocycles. The predicted octanol–water partition coefficient (Wildman–Crippen LogP) is 4.11. The zero-order chi connectivity index (χ0) is 15.6. The minimum Gasteiger partial charge on any atom is -0.478 e.